The van der Waals surface area contributed by atoms with Crippen molar-refractivity contribution in [1.29, 1.82) is 0 Å². The van der Waals surface area contributed by atoms with Gasteiger partial charge in [0.2, 0.25) is 0 Å². The summed E-state index contributed by atoms with van der Waals surface area (Å²) in [5, 5.41) is 12.5. The SMILES string of the molecule is CCN(CC)Cc1ccc(C(F)(F)F)c(-c2cnn(-c3cc(-c4ccc(F)cc4-c4nncn4C)cc(C4CC4)n3)c2)n1. The first kappa shape index (κ1) is 28.7. The standard InChI is InChI=1S/C31H30F4N8/c1-4-42(5-2)17-23-9-11-26(31(33,34)35)29(38-23)21-15-37-43(16-21)28-13-20(12-27(39-28)19-6-7-19)24-10-8-22(32)14-25(24)30-40-36-18-41(30)3/h8-16,18-19H,4-7,17H2,1-3H3. The maximum atomic E-state index is 14.4. The van der Waals surface area contributed by atoms with Crippen LogP contribution < -0.4 is 0 Å². The largest absolute Gasteiger partial charge is 0.418 e. The van der Waals surface area contributed by atoms with Crippen LogP contribution in [0.3, 0.4) is 0 Å². The van der Waals surface area contributed by atoms with Crippen LogP contribution in [-0.2, 0) is 19.8 Å². The molecule has 1 saturated carbocycles. The summed E-state index contributed by atoms with van der Waals surface area (Å²) in [5.41, 5.74) is 2.66. The first-order valence-electron chi connectivity index (χ1n) is 14.2. The molecule has 5 aromatic rings. The van der Waals surface area contributed by atoms with Gasteiger partial charge in [-0.1, -0.05) is 19.9 Å². The van der Waals surface area contributed by atoms with E-state index in [0.29, 0.717) is 29.4 Å². The number of alkyl halides is 3. The topological polar surface area (TPSA) is 77.5 Å². The van der Waals surface area contributed by atoms with Crippen molar-refractivity contribution in [2.24, 2.45) is 7.05 Å². The summed E-state index contributed by atoms with van der Waals surface area (Å²) in [4.78, 5) is 11.3. The van der Waals surface area contributed by atoms with Gasteiger partial charge in [-0.05, 0) is 73.5 Å². The van der Waals surface area contributed by atoms with E-state index in [-0.39, 0.29) is 17.2 Å². The van der Waals surface area contributed by atoms with E-state index in [0.717, 1.165) is 48.8 Å². The first-order valence-corrected chi connectivity index (χ1v) is 14.2. The number of pyridine rings is 2. The highest BCUT2D eigenvalue weighted by molar-refractivity contribution is 5.81. The average molecular weight is 591 g/mol. The van der Waals surface area contributed by atoms with E-state index < -0.39 is 17.6 Å². The van der Waals surface area contributed by atoms with E-state index in [1.54, 1.807) is 30.1 Å². The molecule has 4 heterocycles. The van der Waals surface area contributed by atoms with Gasteiger partial charge in [0.05, 0.1) is 23.1 Å². The smallest absolute Gasteiger partial charge is 0.317 e. The number of hydrogen-bond acceptors (Lipinski definition) is 6. The van der Waals surface area contributed by atoms with E-state index in [4.69, 9.17) is 4.98 Å². The van der Waals surface area contributed by atoms with Crippen LogP contribution in [0.4, 0.5) is 17.6 Å². The van der Waals surface area contributed by atoms with Gasteiger partial charge in [0.1, 0.15) is 12.1 Å². The molecule has 8 nitrogen and oxygen atoms in total. The van der Waals surface area contributed by atoms with Gasteiger partial charge in [0.15, 0.2) is 11.6 Å². The molecule has 1 aliphatic carbocycles. The van der Waals surface area contributed by atoms with Gasteiger partial charge in [-0.3, -0.25) is 9.88 Å². The van der Waals surface area contributed by atoms with Gasteiger partial charge < -0.3 is 4.57 Å². The predicted molar refractivity (Wildman–Crippen MR) is 154 cm³/mol. The Bertz CT molecular complexity index is 1770. The Balaban J connectivity index is 1.44. The Hall–Kier alpha value is -4.45. The van der Waals surface area contributed by atoms with Crippen molar-refractivity contribution < 1.29 is 17.6 Å². The minimum absolute atomic E-state index is 0.176. The molecule has 43 heavy (non-hydrogen) atoms. The molecular formula is C31H30F4N8. The number of halogens is 4. The van der Waals surface area contributed by atoms with Crippen LogP contribution in [0.5, 0.6) is 0 Å². The lowest BCUT2D eigenvalue weighted by atomic mass is 9.98. The maximum absolute atomic E-state index is 14.4. The summed E-state index contributed by atoms with van der Waals surface area (Å²) in [5.74, 6) is 0.790. The number of aromatic nitrogens is 7. The second kappa shape index (κ2) is 11.3. The molecule has 6 rings (SSSR count). The van der Waals surface area contributed by atoms with Crippen LogP contribution in [0.2, 0.25) is 0 Å². The van der Waals surface area contributed by atoms with E-state index in [1.165, 1.54) is 35.3 Å². The second-order valence-corrected chi connectivity index (χ2v) is 10.7. The van der Waals surface area contributed by atoms with E-state index >= 15 is 0 Å². The number of benzene rings is 1. The molecule has 4 aromatic heterocycles. The number of hydrogen-bond donors (Lipinski definition) is 0. The molecule has 0 N–H and O–H groups in total. The monoisotopic (exact) mass is 590 g/mol. The summed E-state index contributed by atoms with van der Waals surface area (Å²) in [6.07, 6.45) is 1.83. The van der Waals surface area contributed by atoms with Crippen molar-refractivity contribution in [3.8, 4) is 39.6 Å². The Kier molecular flexibility index (Phi) is 7.55. The quantitative estimate of drug-likeness (QED) is 0.179. The molecule has 0 amide bonds. The maximum Gasteiger partial charge on any atom is 0.418 e. The van der Waals surface area contributed by atoms with E-state index in [2.05, 4.69) is 25.2 Å². The van der Waals surface area contributed by atoms with Gasteiger partial charge in [-0.25, -0.2) is 14.1 Å². The highest BCUT2D eigenvalue weighted by atomic mass is 19.4. The summed E-state index contributed by atoms with van der Waals surface area (Å²) >= 11 is 0. The molecule has 1 aromatic carbocycles. The van der Waals surface area contributed by atoms with Crippen molar-refractivity contribution in [3.05, 3.63) is 84.0 Å². The van der Waals surface area contributed by atoms with Crippen LogP contribution in [0, 0.1) is 5.82 Å². The number of aryl methyl sites for hydroxylation is 1. The first-order chi connectivity index (χ1) is 20.6. The zero-order chi connectivity index (χ0) is 30.3. The van der Waals surface area contributed by atoms with Crippen LogP contribution in [-0.4, -0.2) is 52.5 Å². The lowest BCUT2D eigenvalue weighted by Crippen LogP contribution is -2.23. The van der Waals surface area contributed by atoms with Crippen molar-refractivity contribution >= 4 is 0 Å². The summed E-state index contributed by atoms with van der Waals surface area (Å²) in [6.45, 7) is 5.94. The summed E-state index contributed by atoms with van der Waals surface area (Å²) in [6, 6.07) is 10.8. The molecular weight excluding hydrogens is 560 g/mol. The average Bonchev–Trinajstić information content (AvgIpc) is 3.57. The Morgan fingerprint density at radius 3 is 2.42 bits per heavy atom. The molecule has 0 unspecified atom stereocenters. The Morgan fingerprint density at radius 1 is 0.953 bits per heavy atom. The fourth-order valence-electron chi connectivity index (χ4n) is 5.16. The van der Waals surface area contributed by atoms with Crippen LogP contribution in [0.1, 0.15) is 49.6 Å². The molecule has 0 spiro atoms. The van der Waals surface area contributed by atoms with Gasteiger partial charge in [-0.15, -0.1) is 10.2 Å². The minimum Gasteiger partial charge on any atom is -0.317 e. The Labute approximate surface area is 246 Å². The fraction of sp³-hybridized carbons (Fsp3) is 0.323. The lowest BCUT2D eigenvalue weighted by molar-refractivity contribution is -0.137. The fourth-order valence-corrected chi connectivity index (χ4v) is 5.16. The van der Waals surface area contributed by atoms with Crippen LogP contribution in [0.15, 0.2) is 61.2 Å². The highest BCUT2D eigenvalue weighted by Gasteiger charge is 2.35. The normalized spacial score (nSPS) is 13.7. The van der Waals surface area contributed by atoms with Gasteiger partial charge in [0.25, 0.3) is 0 Å². The van der Waals surface area contributed by atoms with Crippen molar-refractivity contribution in [2.75, 3.05) is 13.1 Å². The van der Waals surface area contributed by atoms with Gasteiger partial charge in [-0.2, -0.15) is 18.3 Å². The number of rotatable bonds is 9. The molecule has 0 bridgehead atoms. The summed E-state index contributed by atoms with van der Waals surface area (Å²) < 4.78 is 59.8. The molecule has 0 radical (unpaired) electrons. The predicted octanol–water partition coefficient (Wildman–Crippen LogP) is 6.67. The molecule has 0 saturated heterocycles. The third-order valence-corrected chi connectivity index (χ3v) is 7.70. The minimum atomic E-state index is -4.59. The van der Waals surface area contributed by atoms with E-state index in [1.807, 2.05) is 19.9 Å². The number of nitrogens with zero attached hydrogens (tertiary/aromatic N) is 8. The molecule has 0 atom stereocenters. The zero-order valence-corrected chi connectivity index (χ0v) is 24.0. The second-order valence-electron chi connectivity index (χ2n) is 10.7. The summed E-state index contributed by atoms with van der Waals surface area (Å²) in [7, 11) is 1.78. The Morgan fingerprint density at radius 2 is 1.74 bits per heavy atom. The van der Waals surface area contributed by atoms with Crippen molar-refractivity contribution in [3.63, 3.8) is 0 Å². The molecule has 12 heteroatoms. The third kappa shape index (κ3) is 5.92. The molecule has 222 valence electrons. The third-order valence-electron chi connectivity index (χ3n) is 7.70. The molecule has 1 aliphatic rings. The highest BCUT2D eigenvalue weighted by Crippen LogP contribution is 2.42. The molecule has 0 aliphatic heterocycles. The van der Waals surface area contributed by atoms with Gasteiger partial charge >= 0.3 is 6.18 Å². The van der Waals surface area contributed by atoms with Crippen LogP contribution >= 0.6 is 0 Å². The lowest BCUT2D eigenvalue weighted by Gasteiger charge is -2.19. The van der Waals surface area contributed by atoms with E-state index in [9.17, 15) is 17.6 Å². The van der Waals surface area contributed by atoms with Crippen molar-refractivity contribution in [2.45, 2.75) is 45.3 Å². The van der Waals surface area contributed by atoms with Crippen molar-refractivity contribution in [1.82, 2.24) is 39.4 Å². The van der Waals surface area contributed by atoms with Crippen LogP contribution in [0.25, 0.3) is 39.6 Å². The van der Waals surface area contributed by atoms with Gasteiger partial charge in [0, 0.05) is 42.5 Å². The zero-order valence-electron chi connectivity index (χ0n) is 24.0. The molecule has 1 fully saturated rings.